The molecule has 1 N–H and O–H groups in total. The summed E-state index contributed by atoms with van der Waals surface area (Å²) >= 11 is 0. The normalized spacial score (nSPS) is 21.6. The van der Waals surface area contributed by atoms with Crippen LogP contribution in [0.1, 0.15) is 26.7 Å². The van der Waals surface area contributed by atoms with Crippen molar-refractivity contribution < 1.29 is 9.47 Å². The molecule has 0 unspecified atom stereocenters. The maximum Gasteiger partial charge on any atom is 0.244 e. The van der Waals surface area contributed by atoms with Gasteiger partial charge in [0.2, 0.25) is 5.95 Å². The van der Waals surface area contributed by atoms with E-state index in [0.29, 0.717) is 19.2 Å². The number of hydrogen-bond donors (Lipinski definition) is 1. The van der Waals surface area contributed by atoms with Crippen LogP contribution in [0.4, 0.5) is 11.8 Å². The van der Waals surface area contributed by atoms with E-state index in [9.17, 15) is 0 Å². The molecule has 2 fully saturated rings. The molecule has 2 aliphatic heterocycles. The Morgan fingerprint density at radius 3 is 2.60 bits per heavy atom. The molecule has 0 radical (unpaired) electrons. The second kappa shape index (κ2) is 5.49. The molecule has 0 saturated carbocycles. The first-order chi connectivity index (χ1) is 9.67. The second-order valence-electron chi connectivity index (χ2n) is 5.53. The first-order valence-corrected chi connectivity index (χ1v) is 7.16. The van der Waals surface area contributed by atoms with Crippen molar-refractivity contribution in [3.8, 4) is 0 Å². The van der Waals surface area contributed by atoms with E-state index >= 15 is 0 Å². The third-order valence-electron chi connectivity index (χ3n) is 3.63. The zero-order chi connectivity index (χ0) is 14.0. The summed E-state index contributed by atoms with van der Waals surface area (Å²) in [5, 5.41) is 11.2. The topological polar surface area (TPSA) is 72.4 Å². The van der Waals surface area contributed by atoms with Crippen LogP contribution < -0.4 is 10.2 Å². The molecule has 110 valence electrons. The van der Waals surface area contributed by atoms with Gasteiger partial charge in [-0.05, 0) is 13.8 Å². The minimum atomic E-state index is -0.351. The molecule has 0 aliphatic carbocycles. The smallest absolute Gasteiger partial charge is 0.244 e. The molecule has 1 aromatic rings. The number of nitrogens with zero attached hydrogens (tertiary/aromatic N) is 4. The number of anilines is 2. The third kappa shape index (κ3) is 2.83. The van der Waals surface area contributed by atoms with Gasteiger partial charge in [-0.1, -0.05) is 0 Å². The van der Waals surface area contributed by atoms with Gasteiger partial charge in [0.05, 0.1) is 19.4 Å². The third-order valence-corrected chi connectivity index (χ3v) is 3.63. The van der Waals surface area contributed by atoms with Crippen molar-refractivity contribution in [3.63, 3.8) is 0 Å². The molecule has 7 heteroatoms. The highest BCUT2D eigenvalue weighted by atomic mass is 16.7. The molecule has 2 aliphatic rings. The standard InChI is InChI=1S/C13H21N5O2/c1-10(2)15-12-16-11(9-14-17-12)18-5-3-13(4-6-18)19-7-8-20-13/h9-10H,3-8H2,1-2H3,(H,15,16,17). The van der Waals surface area contributed by atoms with Gasteiger partial charge in [0, 0.05) is 32.0 Å². The summed E-state index contributed by atoms with van der Waals surface area (Å²) in [4.78, 5) is 6.72. The fraction of sp³-hybridized carbons (Fsp3) is 0.769. The van der Waals surface area contributed by atoms with E-state index in [1.54, 1.807) is 6.20 Å². The van der Waals surface area contributed by atoms with E-state index in [2.05, 4.69) is 39.2 Å². The van der Waals surface area contributed by atoms with E-state index < -0.39 is 0 Å². The van der Waals surface area contributed by atoms with Gasteiger partial charge in [-0.15, -0.1) is 5.10 Å². The highest BCUT2D eigenvalue weighted by Gasteiger charge is 2.40. The highest BCUT2D eigenvalue weighted by molar-refractivity contribution is 5.41. The summed E-state index contributed by atoms with van der Waals surface area (Å²) < 4.78 is 11.5. The Labute approximate surface area is 118 Å². The predicted octanol–water partition coefficient (Wildman–Crippen LogP) is 1.04. The van der Waals surface area contributed by atoms with Crippen LogP contribution in [0.25, 0.3) is 0 Å². The summed E-state index contributed by atoms with van der Waals surface area (Å²) in [6, 6.07) is 0.289. The Morgan fingerprint density at radius 1 is 1.25 bits per heavy atom. The Kier molecular flexibility index (Phi) is 3.71. The molecule has 1 aromatic heterocycles. The van der Waals surface area contributed by atoms with Crippen molar-refractivity contribution in [2.24, 2.45) is 0 Å². The highest BCUT2D eigenvalue weighted by Crippen LogP contribution is 2.32. The Balaban J connectivity index is 1.65. The lowest BCUT2D eigenvalue weighted by Crippen LogP contribution is -2.45. The van der Waals surface area contributed by atoms with Gasteiger partial charge in [0.1, 0.15) is 0 Å². The van der Waals surface area contributed by atoms with Crippen molar-refractivity contribution in [2.45, 2.75) is 38.5 Å². The van der Waals surface area contributed by atoms with E-state index in [1.807, 2.05) is 0 Å². The Hall–Kier alpha value is -1.47. The first-order valence-electron chi connectivity index (χ1n) is 7.16. The van der Waals surface area contributed by atoms with Gasteiger partial charge in [-0.25, -0.2) is 0 Å². The van der Waals surface area contributed by atoms with Crippen molar-refractivity contribution in [1.29, 1.82) is 0 Å². The summed E-state index contributed by atoms with van der Waals surface area (Å²) in [5.41, 5.74) is 0. The van der Waals surface area contributed by atoms with E-state index in [1.165, 1.54) is 0 Å². The summed E-state index contributed by atoms with van der Waals surface area (Å²) in [6.07, 6.45) is 3.44. The van der Waals surface area contributed by atoms with Crippen LogP contribution in [-0.2, 0) is 9.47 Å². The lowest BCUT2D eigenvalue weighted by Gasteiger charge is -2.37. The molecule has 7 nitrogen and oxygen atoms in total. The SMILES string of the molecule is CC(C)Nc1nncc(N2CCC3(CC2)OCCO3)n1. The Morgan fingerprint density at radius 2 is 1.95 bits per heavy atom. The van der Waals surface area contributed by atoms with Crippen LogP contribution in [0.5, 0.6) is 0 Å². The average molecular weight is 279 g/mol. The van der Waals surface area contributed by atoms with Gasteiger partial charge in [-0.2, -0.15) is 10.1 Å². The van der Waals surface area contributed by atoms with E-state index in [4.69, 9.17) is 9.47 Å². The zero-order valence-corrected chi connectivity index (χ0v) is 12.0. The molecule has 0 atom stereocenters. The molecule has 3 heterocycles. The molecular weight excluding hydrogens is 258 g/mol. The van der Waals surface area contributed by atoms with Crippen molar-refractivity contribution in [2.75, 3.05) is 36.5 Å². The predicted molar refractivity (Wildman–Crippen MR) is 74.7 cm³/mol. The van der Waals surface area contributed by atoms with Crippen LogP contribution in [0.3, 0.4) is 0 Å². The van der Waals surface area contributed by atoms with Gasteiger partial charge in [-0.3, -0.25) is 0 Å². The van der Waals surface area contributed by atoms with Crippen LogP contribution in [0.2, 0.25) is 0 Å². The van der Waals surface area contributed by atoms with Crippen LogP contribution in [0, 0.1) is 0 Å². The monoisotopic (exact) mass is 279 g/mol. The fourth-order valence-electron chi connectivity index (χ4n) is 2.63. The lowest BCUT2D eigenvalue weighted by atomic mass is 10.0. The molecule has 0 amide bonds. The number of rotatable bonds is 3. The average Bonchev–Trinajstić information content (AvgIpc) is 2.87. The van der Waals surface area contributed by atoms with Gasteiger partial charge >= 0.3 is 0 Å². The number of nitrogens with one attached hydrogen (secondary N) is 1. The number of ether oxygens (including phenoxy) is 2. The van der Waals surface area contributed by atoms with Gasteiger partial charge in [0.15, 0.2) is 11.6 Å². The quantitative estimate of drug-likeness (QED) is 0.886. The van der Waals surface area contributed by atoms with Crippen molar-refractivity contribution in [3.05, 3.63) is 6.20 Å². The summed E-state index contributed by atoms with van der Waals surface area (Å²) in [6.45, 7) is 7.24. The lowest BCUT2D eigenvalue weighted by molar-refractivity contribution is -0.169. The zero-order valence-electron chi connectivity index (χ0n) is 12.0. The van der Waals surface area contributed by atoms with Crippen molar-refractivity contribution >= 4 is 11.8 Å². The van der Waals surface area contributed by atoms with Crippen molar-refractivity contribution in [1.82, 2.24) is 15.2 Å². The molecule has 0 aromatic carbocycles. The molecule has 20 heavy (non-hydrogen) atoms. The summed E-state index contributed by atoms with van der Waals surface area (Å²) in [7, 11) is 0. The van der Waals surface area contributed by atoms with E-state index in [-0.39, 0.29) is 11.8 Å². The maximum atomic E-state index is 5.73. The van der Waals surface area contributed by atoms with Gasteiger partial charge < -0.3 is 19.7 Å². The Bertz CT molecular complexity index is 452. The van der Waals surface area contributed by atoms with Crippen LogP contribution in [0.15, 0.2) is 6.20 Å². The molecule has 3 rings (SSSR count). The molecular formula is C13H21N5O2. The second-order valence-corrected chi connectivity index (χ2v) is 5.53. The van der Waals surface area contributed by atoms with Gasteiger partial charge in [0.25, 0.3) is 0 Å². The molecule has 1 spiro atoms. The minimum Gasteiger partial charge on any atom is -0.355 e. The van der Waals surface area contributed by atoms with Crippen LogP contribution in [-0.4, -0.2) is 53.3 Å². The first kappa shape index (κ1) is 13.5. The fourth-order valence-corrected chi connectivity index (χ4v) is 2.63. The molecule has 2 saturated heterocycles. The van der Waals surface area contributed by atoms with E-state index in [0.717, 1.165) is 31.7 Å². The van der Waals surface area contributed by atoms with Crippen LogP contribution >= 0.6 is 0 Å². The number of aromatic nitrogens is 3. The molecule has 0 bridgehead atoms. The number of piperidine rings is 1. The number of hydrogen-bond acceptors (Lipinski definition) is 7. The maximum absolute atomic E-state index is 5.73. The largest absolute Gasteiger partial charge is 0.355 e. The minimum absolute atomic E-state index is 0.289. The summed E-state index contributed by atoms with van der Waals surface area (Å²) in [5.74, 6) is 1.08.